The van der Waals surface area contributed by atoms with Crippen molar-refractivity contribution in [2.45, 2.75) is 58.8 Å². The highest BCUT2D eigenvalue weighted by Gasteiger charge is 1.99. The first-order valence-electron chi connectivity index (χ1n) is 6.74. The van der Waals surface area contributed by atoms with Crippen molar-refractivity contribution < 1.29 is 9.59 Å². The van der Waals surface area contributed by atoms with Crippen LogP contribution in [0.4, 0.5) is 0 Å². The number of hydrogen-bond donors (Lipinski definition) is 2. The maximum absolute atomic E-state index is 11.1. The Hall–Kier alpha value is -1.06. The number of unbranched alkanes of at least 4 members (excludes halogenated alkanes) is 2. The first-order chi connectivity index (χ1) is 8.20. The smallest absolute Gasteiger partial charge is 0.219 e. The minimum absolute atomic E-state index is 0.142. The van der Waals surface area contributed by atoms with Gasteiger partial charge in [-0.2, -0.15) is 0 Å². The molecule has 0 fully saturated rings. The Balaban J connectivity index is 3.18. The van der Waals surface area contributed by atoms with Crippen molar-refractivity contribution in [1.29, 1.82) is 0 Å². The average Bonchev–Trinajstić information content (AvgIpc) is 2.28. The van der Waals surface area contributed by atoms with Gasteiger partial charge in [-0.3, -0.25) is 9.59 Å². The molecule has 0 spiro atoms. The molecule has 0 saturated heterocycles. The quantitative estimate of drug-likeness (QED) is 0.576. The molecule has 0 radical (unpaired) electrons. The van der Waals surface area contributed by atoms with Crippen LogP contribution in [0.2, 0.25) is 0 Å². The topological polar surface area (TPSA) is 58.2 Å². The van der Waals surface area contributed by atoms with Gasteiger partial charge < -0.3 is 10.6 Å². The summed E-state index contributed by atoms with van der Waals surface area (Å²) in [6, 6.07) is 0. The number of nitrogens with one attached hydrogen (secondary N) is 2. The van der Waals surface area contributed by atoms with Crippen molar-refractivity contribution in [3.63, 3.8) is 0 Å². The SMILES string of the molecule is CCCC(=O)NCCCCCNC(=O)CCC. The van der Waals surface area contributed by atoms with Crippen LogP contribution in [0.25, 0.3) is 0 Å². The van der Waals surface area contributed by atoms with E-state index < -0.39 is 0 Å². The molecular weight excluding hydrogens is 216 g/mol. The predicted octanol–water partition coefficient (Wildman–Crippen LogP) is 1.99. The van der Waals surface area contributed by atoms with E-state index in [1.165, 1.54) is 0 Å². The van der Waals surface area contributed by atoms with Crippen molar-refractivity contribution >= 4 is 11.8 Å². The van der Waals surface area contributed by atoms with E-state index in [1.807, 2.05) is 13.8 Å². The molecule has 100 valence electrons. The molecule has 0 atom stereocenters. The number of hydrogen-bond acceptors (Lipinski definition) is 2. The Kier molecular flexibility index (Phi) is 10.7. The van der Waals surface area contributed by atoms with E-state index in [2.05, 4.69) is 10.6 Å². The zero-order chi connectivity index (χ0) is 12.9. The molecule has 0 unspecified atom stereocenters. The third-order valence-electron chi connectivity index (χ3n) is 2.45. The number of carbonyl (C=O) groups excluding carboxylic acids is 2. The van der Waals surface area contributed by atoms with Crippen LogP contribution in [0.15, 0.2) is 0 Å². The zero-order valence-electron chi connectivity index (χ0n) is 11.2. The molecule has 0 bridgehead atoms. The second kappa shape index (κ2) is 11.4. The van der Waals surface area contributed by atoms with Crippen LogP contribution in [0, 0.1) is 0 Å². The molecule has 2 N–H and O–H groups in total. The van der Waals surface area contributed by atoms with E-state index in [-0.39, 0.29) is 11.8 Å². The maximum atomic E-state index is 11.1. The van der Waals surface area contributed by atoms with Gasteiger partial charge in [0.2, 0.25) is 11.8 Å². The fourth-order valence-corrected chi connectivity index (χ4v) is 1.51. The third-order valence-corrected chi connectivity index (χ3v) is 2.45. The highest BCUT2D eigenvalue weighted by molar-refractivity contribution is 5.76. The summed E-state index contributed by atoms with van der Waals surface area (Å²) in [5, 5.41) is 5.75. The molecule has 0 saturated carbocycles. The van der Waals surface area contributed by atoms with Crippen molar-refractivity contribution in [2.24, 2.45) is 0 Å². The van der Waals surface area contributed by atoms with Crippen LogP contribution in [-0.4, -0.2) is 24.9 Å². The molecule has 0 aliphatic carbocycles. The Labute approximate surface area is 105 Å². The lowest BCUT2D eigenvalue weighted by atomic mass is 10.2. The fraction of sp³-hybridized carbons (Fsp3) is 0.846. The van der Waals surface area contributed by atoms with Gasteiger partial charge in [-0.15, -0.1) is 0 Å². The largest absolute Gasteiger partial charge is 0.356 e. The van der Waals surface area contributed by atoms with Gasteiger partial charge in [-0.25, -0.2) is 0 Å². The van der Waals surface area contributed by atoms with Crippen molar-refractivity contribution in [3.05, 3.63) is 0 Å². The van der Waals surface area contributed by atoms with Crippen LogP contribution in [0.3, 0.4) is 0 Å². The summed E-state index contributed by atoms with van der Waals surface area (Å²) in [6.07, 6.45) is 6.04. The minimum Gasteiger partial charge on any atom is -0.356 e. The van der Waals surface area contributed by atoms with Crippen LogP contribution in [0.1, 0.15) is 58.8 Å². The maximum Gasteiger partial charge on any atom is 0.219 e. The summed E-state index contributed by atoms with van der Waals surface area (Å²) in [6.45, 7) is 5.50. The second-order valence-electron chi connectivity index (χ2n) is 4.26. The summed E-state index contributed by atoms with van der Waals surface area (Å²) >= 11 is 0. The number of rotatable bonds is 10. The normalized spacial score (nSPS) is 10.0. The monoisotopic (exact) mass is 242 g/mol. The molecule has 0 aliphatic rings. The molecule has 0 rings (SSSR count). The highest BCUT2D eigenvalue weighted by atomic mass is 16.2. The van der Waals surface area contributed by atoms with Crippen molar-refractivity contribution in [2.75, 3.05) is 13.1 Å². The summed E-state index contributed by atoms with van der Waals surface area (Å²) in [7, 11) is 0. The Morgan fingerprint density at radius 1 is 0.765 bits per heavy atom. The molecule has 0 aromatic rings. The van der Waals surface area contributed by atoms with Crippen molar-refractivity contribution in [1.82, 2.24) is 10.6 Å². The number of carbonyl (C=O) groups is 2. The lowest BCUT2D eigenvalue weighted by molar-refractivity contribution is -0.121. The van der Waals surface area contributed by atoms with Gasteiger partial charge in [0.25, 0.3) is 0 Å². The van der Waals surface area contributed by atoms with E-state index in [1.54, 1.807) is 0 Å². The van der Waals surface area contributed by atoms with Gasteiger partial charge in [-0.1, -0.05) is 13.8 Å². The molecule has 4 nitrogen and oxygen atoms in total. The first-order valence-corrected chi connectivity index (χ1v) is 6.74. The summed E-state index contributed by atoms with van der Waals surface area (Å²) in [4.78, 5) is 22.3. The lowest BCUT2D eigenvalue weighted by Crippen LogP contribution is -2.25. The van der Waals surface area contributed by atoms with Gasteiger partial charge in [0.1, 0.15) is 0 Å². The van der Waals surface area contributed by atoms with Gasteiger partial charge in [0.05, 0.1) is 0 Å². The zero-order valence-corrected chi connectivity index (χ0v) is 11.2. The predicted molar refractivity (Wildman–Crippen MR) is 69.7 cm³/mol. The Morgan fingerprint density at radius 2 is 1.18 bits per heavy atom. The Morgan fingerprint density at radius 3 is 1.53 bits per heavy atom. The van der Waals surface area contributed by atoms with Gasteiger partial charge in [-0.05, 0) is 32.1 Å². The summed E-state index contributed by atoms with van der Waals surface area (Å²) in [5.74, 6) is 0.285. The molecule has 0 aromatic carbocycles. The van der Waals surface area contributed by atoms with E-state index >= 15 is 0 Å². The molecule has 2 amide bonds. The summed E-state index contributed by atoms with van der Waals surface area (Å²) in [5.41, 5.74) is 0. The van der Waals surface area contributed by atoms with Crippen molar-refractivity contribution in [3.8, 4) is 0 Å². The molecule has 17 heavy (non-hydrogen) atoms. The molecule has 0 heterocycles. The molecule has 0 aliphatic heterocycles. The van der Waals surface area contributed by atoms with Gasteiger partial charge in [0.15, 0.2) is 0 Å². The standard InChI is InChI=1S/C13H26N2O2/c1-3-8-12(16)14-10-6-5-7-11-15-13(17)9-4-2/h3-11H2,1-2H3,(H,14,16)(H,15,17). The van der Waals surface area contributed by atoms with E-state index in [0.717, 1.165) is 45.2 Å². The highest BCUT2D eigenvalue weighted by Crippen LogP contribution is 1.94. The van der Waals surface area contributed by atoms with Crippen LogP contribution in [0.5, 0.6) is 0 Å². The molecular formula is C13H26N2O2. The van der Waals surface area contributed by atoms with E-state index in [4.69, 9.17) is 0 Å². The fourth-order valence-electron chi connectivity index (χ4n) is 1.51. The minimum atomic E-state index is 0.142. The summed E-state index contributed by atoms with van der Waals surface area (Å²) < 4.78 is 0. The molecule has 4 heteroatoms. The average molecular weight is 242 g/mol. The lowest BCUT2D eigenvalue weighted by Gasteiger charge is -2.05. The van der Waals surface area contributed by atoms with E-state index in [9.17, 15) is 9.59 Å². The number of amides is 2. The Bertz CT molecular complexity index is 195. The van der Waals surface area contributed by atoms with Crippen LogP contribution in [-0.2, 0) is 9.59 Å². The van der Waals surface area contributed by atoms with Crippen LogP contribution >= 0.6 is 0 Å². The molecule has 0 aromatic heterocycles. The van der Waals surface area contributed by atoms with Crippen LogP contribution < -0.4 is 10.6 Å². The van der Waals surface area contributed by atoms with Gasteiger partial charge in [0, 0.05) is 25.9 Å². The third kappa shape index (κ3) is 11.2. The second-order valence-corrected chi connectivity index (χ2v) is 4.26. The van der Waals surface area contributed by atoms with Gasteiger partial charge >= 0.3 is 0 Å². The first kappa shape index (κ1) is 15.9. The van der Waals surface area contributed by atoms with E-state index in [0.29, 0.717) is 12.8 Å².